The van der Waals surface area contributed by atoms with Crippen LogP contribution in [0.2, 0.25) is 0 Å². The molecule has 3 aromatic carbocycles. The average Bonchev–Trinajstić information content (AvgIpc) is 3.22. The number of hydrogen-bond donors (Lipinski definition) is 0. The summed E-state index contributed by atoms with van der Waals surface area (Å²) in [6.45, 7) is 0. The van der Waals surface area contributed by atoms with E-state index in [9.17, 15) is 9.59 Å². The highest BCUT2D eigenvalue weighted by Crippen LogP contribution is 2.27. The number of methoxy groups -OCH3 is 2. The van der Waals surface area contributed by atoms with Crippen molar-refractivity contribution in [3.63, 3.8) is 0 Å². The average molecular weight is 411 g/mol. The number of benzene rings is 3. The molecule has 0 saturated carbocycles. The van der Waals surface area contributed by atoms with Crippen LogP contribution in [-0.2, 0) is 4.74 Å². The lowest BCUT2D eigenvalue weighted by Gasteiger charge is -2.10. The van der Waals surface area contributed by atoms with Crippen molar-refractivity contribution in [2.45, 2.75) is 0 Å². The van der Waals surface area contributed by atoms with E-state index in [1.165, 1.54) is 11.7 Å². The van der Waals surface area contributed by atoms with Crippen LogP contribution in [0.1, 0.15) is 26.3 Å². The van der Waals surface area contributed by atoms with Gasteiger partial charge in [-0.05, 0) is 35.4 Å². The lowest BCUT2D eigenvalue weighted by Crippen LogP contribution is -2.12. The maximum absolute atomic E-state index is 13.7. The van der Waals surface area contributed by atoms with Crippen molar-refractivity contribution in [1.82, 2.24) is 4.57 Å². The molecule has 0 unspecified atom stereocenters. The van der Waals surface area contributed by atoms with Gasteiger partial charge in [-0.1, -0.05) is 60.7 Å². The second-order valence-corrected chi connectivity index (χ2v) is 6.92. The minimum absolute atomic E-state index is 0.242. The van der Waals surface area contributed by atoms with Crippen molar-refractivity contribution in [2.75, 3.05) is 14.2 Å². The van der Waals surface area contributed by atoms with Crippen LogP contribution in [0.3, 0.4) is 0 Å². The number of allylic oxidation sites excluding steroid dienone is 1. The van der Waals surface area contributed by atoms with Gasteiger partial charge in [0.15, 0.2) is 0 Å². The first-order chi connectivity index (χ1) is 15.1. The van der Waals surface area contributed by atoms with Gasteiger partial charge < -0.3 is 9.47 Å². The molecule has 1 aromatic heterocycles. The van der Waals surface area contributed by atoms with Gasteiger partial charge in [0.1, 0.15) is 5.75 Å². The van der Waals surface area contributed by atoms with E-state index in [4.69, 9.17) is 9.47 Å². The highest BCUT2D eigenvalue weighted by Gasteiger charge is 2.21. The minimum Gasteiger partial charge on any atom is -0.497 e. The summed E-state index contributed by atoms with van der Waals surface area (Å²) < 4.78 is 11.6. The molecule has 0 aliphatic carbocycles. The van der Waals surface area contributed by atoms with Crippen LogP contribution in [0, 0.1) is 0 Å². The Balaban J connectivity index is 1.87. The van der Waals surface area contributed by atoms with E-state index in [0.29, 0.717) is 22.0 Å². The van der Waals surface area contributed by atoms with Gasteiger partial charge in [-0.15, -0.1) is 0 Å². The fraction of sp³-hybridized carbons (Fsp3) is 0.0769. The molecular weight excluding hydrogens is 390 g/mol. The number of rotatable bonds is 5. The number of nitrogens with zero attached hydrogens (tertiary/aromatic N) is 1. The predicted octanol–water partition coefficient (Wildman–Crippen LogP) is 5.32. The Hall–Kier alpha value is -4.12. The Kier molecular flexibility index (Phi) is 5.67. The quantitative estimate of drug-likeness (QED) is 0.253. The van der Waals surface area contributed by atoms with Gasteiger partial charge in [0, 0.05) is 17.2 Å². The first-order valence-electron chi connectivity index (χ1n) is 9.76. The fourth-order valence-electron chi connectivity index (χ4n) is 3.50. The zero-order valence-corrected chi connectivity index (χ0v) is 17.2. The number of hydrogen-bond acceptors (Lipinski definition) is 4. The zero-order valence-electron chi connectivity index (χ0n) is 17.2. The highest BCUT2D eigenvalue weighted by molar-refractivity contribution is 6.27. The normalized spacial score (nSPS) is 11.4. The molecule has 0 aliphatic heterocycles. The molecular formula is C26H21NO4. The largest absolute Gasteiger partial charge is 0.497 e. The highest BCUT2D eigenvalue weighted by atomic mass is 16.5. The number of fused-ring (bicyclic) bond motifs is 1. The van der Waals surface area contributed by atoms with E-state index in [2.05, 4.69) is 0 Å². The first kappa shape index (κ1) is 20.2. The van der Waals surface area contributed by atoms with Crippen LogP contribution < -0.4 is 4.74 Å². The molecule has 4 rings (SSSR count). The summed E-state index contributed by atoms with van der Waals surface area (Å²) >= 11 is 0. The van der Waals surface area contributed by atoms with Crippen LogP contribution >= 0.6 is 0 Å². The molecule has 0 saturated heterocycles. The number of ether oxygens (including phenoxy) is 2. The van der Waals surface area contributed by atoms with Crippen molar-refractivity contribution < 1.29 is 19.1 Å². The summed E-state index contributed by atoms with van der Waals surface area (Å²) in [6, 6.07) is 24.2. The third-order valence-electron chi connectivity index (χ3n) is 5.08. The number of carbonyl (C=O) groups is 2. The standard InChI is InChI=1S/C26H21NO4/c1-30-20-14-12-18(13-15-20)16-22(19-8-4-3-5-9-19)25(28)27-17-23(26(29)31-2)21-10-6-7-11-24(21)27/h3-17H,1-2H3/b22-16+. The lowest BCUT2D eigenvalue weighted by atomic mass is 10.0. The van der Waals surface area contributed by atoms with Gasteiger partial charge in [-0.2, -0.15) is 0 Å². The Morgan fingerprint density at radius 1 is 0.839 bits per heavy atom. The number of esters is 1. The van der Waals surface area contributed by atoms with E-state index < -0.39 is 5.97 Å². The Morgan fingerprint density at radius 2 is 1.52 bits per heavy atom. The summed E-state index contributed by atoms with van der Waals surface area (Å²) in [5, 5.41) is 0.666. The SMILES string of the molecule is COC(=O)c1cn(C(=O)/C(=C/c2ccc(OC)cc2)c2ccccc2)c2ccccc12. The van der Waals surface area contributed by atoms with Crippen molar-refractivity contribution in [1.29, 1.82) is 0 Å². The van der Waals surface area contributed by atoms with Crippen LogP contribution in [0.5, 0.6) is 5.75 Å². The van der Waals surface area contributed by atoms with Gasteiger partial charge in [0.25, 0.3) is 5.91 Å². The monoisotopic (exact) mass is 411 g/mol. The molecule has 0 aliphatic rings. The number of para-hydroxylation sites is 1. The molecule has 5 heteroatoms. The fourth-order valence-corrected chi connectivity index (χ4v) is 3.50. The van der Waals surface area contributed by atoms with Gasteiger partial charge in [0.05, 0.1) is 25.3 Å². The number of aromatic nitrogens is 1. The van der Waals surface area contributed by atoms with E-state index in [0.717, 1.165) is 16.9 Å². The van der Waals surface area contributed by atoms with Crippen molar-refractivity contribution in [2.24, 2.45) is 0 Å². The molecule has 0 radical (unpaired) electrons. The molecule has 5 nitrogen and oxygen atoms in total. The van der Waals surface area contributed by atoms with E-state index in [-0.39, 0.29) is 5.91 Å². The zero-order chi connectivity index (χ0) is 21.8. The predicted molar refractivity (Wildman–Crippen MR) is 121 cm³/mol. The van der Waals surface area contributed by atoms with Gasteiger partial charge in [0.2, 0.25) is 0 Å². The molecule has 0 fully saturated rings. The van der Waals surface area contributed by atoms with Gasteiger partial charge in [-0.25, -0.2) is 4.79 Å². The molecule has 0 spiro atoms. The van der Waals surface area contributed by atoms with E-state index in [1.54, 1.807) is 19.4 Å². The lowest BCUT2D eigenvalue weighted by molar-refractivity contribution is 0.0603. The first-order valence-corrected chi connectivity index (χ1v) is 9.76. The van der Waals surface area contributed by atoms with Gasteiger partial charge >= 0.3 is 5.97 Å². The van der Waals surface area contributed by atoms with E-state index in [1.807, 2.05) is 78.9 Å². The second kappa shape index (κ2) is 8.71. The Labute approximate surface area is 180 Å². The van der Waals surface area contributed by atoms with Crippen LogP contribution in [0.25, 0.3) is 22.6 Å². The minimum atomic E-state index is -0.483. The molecule has 0 N–H and O–H groups in total. The molecule has 154 valence electrons. The molecule has 4 aromatic rings. The number of carbonyl (C=O) groups excluding carboxylic acids is 2. The van der Waals surface area contributed by atoms with Gasteiger partial charge in [-0.3, -0.25) is 9.36 Å². The summed E-state index contributed by atoms with van der Waals surface area (Å²) in [7, 11) is 2.94. The Morgan fingerprint density at radius 3 is 2.19 bits per heavy atom. The van der Waals surface area contributed by atoms with Crippen molar-refractivity contribution >= 4 is 34.4 Å². The van der Waals surface area contributed by atoms with Crippen LogP contribution in [0.4, 0.5) is 0 Å². The van der Waals surface area contributed by atoms with Crippen molar-refractivity contribution in [3.05, 3.63) is 102 Å². The maximum Gasteiger partial charge on any atom is 0.340 e. The Bertz CT molecular complexity index is 1270. The molecule has 0 amide bonds. The topological polar surface area (TPSA) is 57.5 Å². The maximum atomic E-state index is 13.7. The molecule has 31 heavy (non-hydrogen) atoms. The van der Waals surface area contributed by atoms with E-state index >= 15 is 0 Å². The van der Waals surface area contributed by atoms with Crippen LogP contribution in [-0.4, -0.2) is 30.7 Å². The summed E-state index contributed by atoms with van der Waals surface area (Å²) in [4.78, 5) is 26.0. The third kappa shape index (κ3) is 3.98. The van der Waals surface area contributed by atoms with Crippen molar-refractivity contribution in [3.8, 4) is 5.75 Å². The third-order valence-corrected chi connectivity index (χ3v) is 5.08. The van der Waals surface area contributed by atoms with Crippen LogP contribution in [0.15, 0.2) is 85.1 Å². The second-order valence-electron chi connectivity index (χ2n) is 6.92. The smallest absolute Gasteiger partial charge is 0.340 e. The molecule has 0 bridgehead atoms. The summed E-state index contributed by atoms with van der Waals surface area (Å²) in [5.41, 5.74) is 3.13. The molecule has 0 atom stereocenters. The molecule has 1 heterocycles. The summed E-state index contributed by atoms with van der Waals surface area (Å²) in [6.07, 6.45) is 3.38. The summed E-state index contributed by atoms with van der Waals surface area (Å²) in [5.74, 6) is 0.0142.